The van der Waals surface area contributed by atoms with Crippen LogP contribution in [0.15, 0.2) is 24.3 Å². The highest BCUT2D eigenvalue weighted by atomic mass is 16.5. The van der Waals surface area contributed by atoms with Crippen molar-refractivity contribution in [1.29, 1.82) is 0 Å². The highest BCUT2D eigenvalue weighted by Gasteiger charge is 2.10. The van der Waals surface area contributed by atoms with E-state index in [1.54, 1.807) is 0 Å². The van der Waals surface area contributed by atoms with Gasteiger partial charge in [-0.2, -0.15) is 0 Å². The van der Waals surface area contributed by atoms with Crippen molar-refractivity contribution in [3.05, 3.63) is 29.8 Å². The highest BCUT2D eigenvalue weighted by Crippen LogP contribution is 2.18. The minimum atomic E-state index is 0.860. The van der Waals surface area contributed by atoms with Gasteiger partial charge in [-0.1, -0.05) is 25.5 Å². The Morgan fingerprint density at radius 2 is 2.06 bits per heavy atom. The average Bonchev–Trinajstić information content (AvgIpc) is 2.38. The van der Waals surface area contributed by atoms with E-state index >= 15 is 0 Å². The van der Waals surface area contributed by atoms with Crippen LogP contribution < -0.4 is 4.90 Å². The Morgan fingerprint density at radius 3 is 2.81 bits per heavy atom. The lowest BCUT2D eigenvalue weighted by Gasteiger charge is -2.29. The molecular formula is C14H21NO. The van der Waals surface area contributed by atoms with Crippen LogP contribution in [0.1, 0.15) is 25.3 Å². The number of aryl methyl sites for hydroxylation is 1. The van der Waals surface area contributed by atoms with Crippen molar-refractivity contribution in [3.8, 4) is 0 Å². The van der Waals surface area contributed by atoms with Crippen LogP contribution in [-0.4, -0.2) is 26.3 Å². The van der Waals surface area contributed by atoms with Crippen molar-refractivity contribution in [2.75, 3.05) is 31.2 Å². The molecule has 88 valence electrons. The Balaban J connectivity index is 2.02. The third-order valence-electron chi connectivity index (χ3n) is 3.11. The van der Waals surface area contributed by atoms with Gasteiger partial charge in [-0.25, -0.2) is 0 Å². The summed E-state index contributed by atoms with van der Waals surface area (Å²) in [7, 11) is 0. The molecule has 1 aromatic carbocycles. The van der Waals surface area contributed by atoms with E-state index in [1.807, 2.05) is 0 Å². The van der Waals surface area contributed by atoms with Gasteiger partial charge in [0.25, 0.3) is 0 Å². The minimum absolute atomic E-state index is 0.860. The number of hydrogen-bond donors (Lipinski definition) is 0. The SMILES string of the molecule is CCCCc1cccc(N2CCOCC2)c1. The molecule has 1 aromatic rings. The topological polar surface area (TPSA) is 12.5 Å². The molecule has 0 aromatic heterocycles. The van der Waals surface area contributed by atoms with E-state index < -0.39 is 0 Å². The number of rotatable bonds is 4. The summed E-state index contributed by atoms with van der Waals surface area (Å²) < 4.78 is 5.37. The van der Waals surface area contributed by atoms with E-state index in [2.05, 4.69) is 36.1 Å². The van der Waals surface area contributed by atoms with Gasteiger partial charge < -0.3 is 9.64 Å². The first-order valence-electron chi connectivity index (χ1n) is 6.32. The summed E-state index contributed by atoms with van der Waals surface area (Å²) in [5.74, 6) is 0. The fraction of sp³-hybridized carbons (Fsp3) is 0.571. The number of unbranched alkanes of at least 4 members (excludes halogenated alkanes) is 1. The quantitative estimate of drug-likeness (QED) is 0.772. The molecule has 1 aliphatic heterocycles. The van der Waals surface area contributed by atoms with Crippen LogP contribution >= 0.6 is 0 Å². The van der Waals surface area contributed by atoms with E-state index in [9.17, 15) is 0 Å². The molecule has 1 fully saturated rings. The lowest BCUT2D eigenvalue weighted by molar-refractivity contribution is 0.122. The maximum absolute atomic E-state index is 5.37. The standard InChI is InChI=1S/C14H21NO/c1-2-3-5-13-6-4-7-14(12-13)15-8-10-16-11-9-15/h4,6-7,12H,2-3,5,8-11H2,1H3. The minimum Gasteiger partial charge on any atom is -0.378 e. The molecule has 0 aliphatic carbocycles. The molecule has 0 atom stereocenters. The summed E-state index contributed by atoms with van der Waals surface area (Å²) in [5, 5.41) is 0. The molecule has 0 unspecified atom stereocenters. The third-order valence-corrected chi connectivity index (χ3v) is 3.11. The van der Waals surface area contributed by atoms with Crippen molar-refractivity contribution in [1.82, 2.24) is 0 Å². The molecule has 1 saturated heterocycles. The lowest BCUT2D eigenvalue weighted by atomic mass is 10.1. The fourth-order valence-corrected chi connectivity index (χ4v) is 2.11. The molecule has 0 saturated carbocycles. The monoisotopic (exact) mass is 219 g/mol. The van der Waals surface area contributed by atoms with Crippen molar-refractivity contribution < 1.29 is 4.74 Å². The first kappa shape index (κ1) is 11.5. The van der Waals surface area contributed by atoms with E-state index in [4.69, 9.17) is 4.74 Å². The maximum Gasteiger partial charge on any atom is 0.0642 e. The van der Waals surface area contributed by atoms with Gasteiger partial charge in [0, 0.05) is 18.8 Å². The zero-order valence-electron chi connectivity index (χ0n) is 10.1. The van der Waals surface area contributed by atoms with Crippen molar-refractivity contribution in [2.24, 2.45) is 0 Å². The van der Waals surface area contributed by atoms with Crippen LogP contribution in [0.25, 0.3) is 0 Å². The molecule has 2 rings (SSSR count). The number of hydrogen-bond acceptors (Lipinski definition) is 2. The number of morpholine rings is 1. The first-order valence-corrected chi connectivity index (χ1v) is 6.32. The van der Waals surface area contributed by atoms with Crippen molar-refractivity contribution in [2.45, 2.75) is 26.2 Å². The third kappa shape index (κ3) is 2.99. The zero-order valence-corrected chi connectivity index (χ0v) is 10.1. The predicted molar refractivity (Wildman–Crippen MR) is 68.1 cm³/mol. The largest absolute Gasteiger partial charge is 0.378 e. The van der Waals surface area contributed by atoms with Crippen molar-refractivity contribution >= 4 is 5.69 Å². The van der Waals surface area contributed by atoms with E-state index in [1.165, 1.54) is 30.5 Å². The maximum atomic E-state index is 5.37. The van der Waals surface area contributed by atoms with Crippen molar-refractivity contribution in [3.63, 3.8) is 0 Å². The zero-order chi connectivity index (χ0) is 11.2. The normalized spacial score (nSPS) is 16.4. The molecular weight excluding hydrogens is 198 g/mol. The molecule has 0 bridgehead atoms. The fourth-order valence-electron chi connectivity index (χ4n) is 2.11. The van der Waals surface area contributed by atoms with Gasteiger partial charge in [-0.3, -0.25) is 0 Å². The van der Waals surface area contributed by atoms with Gasteiger partial charge in [0.2, 0.25) is 0 Å². The molecule has 1 aliphatic rings. The second kappa shape index (κ2) is 5.90. The van der Waals surface area contributed by atoms with E-state index in [0.717, 1.165) is 26.3 Å². The Morgan fingerprint density at radius 1 is 1.25 bits per heavy atom. The summed E-state index contributed by atoms with van der Waals surface area (Å²) in [6.07, 6.45) is 3.75. The molecule has 2 nitrogen and oxygen atoms in total. The Hall–Kier alpha value is -1.02. The van der Waals surface area contributed by atoms with Gasteiger partial charge >= 0.3 is 0 Å². The lowest BCUT2D eigenvalue weighted by Crippen LogP contribution is -2.36. The number of ether oxygens (including phenoxy) is 1. The highest BCUT2D eigenvalue weighted by molar-refractivity contribution is 5.48. The Labute approximate surface area is 98.2 Å². The van der Waals surface area contributed by atoms with Crippen LogP contribution in [0, 0.1) is 0 Å². The Kier molecular flexibility index (Phi) is 4.23. The molecule has 0 spiro atoms. The summed E-state index contributed by atoms with van der Waals surface area (Å²) in [4.78, 5) is 2.42. The molecule has 0 amide bonds. The van der Waals surface area contributed by atoms with Crippen LogP contribution in [0.2, 0.25) is 0 Å². The molecule has 1 heterocycles. The number of anilines is 1. The predicted octanol–water partition coefficient (Wildman–Crippen LogP) is 2.87. The number of benzene rings is 1. The van der Waals surface area contributed by atoms with Gasteiger partial charge in [0.05, 0.1) is 13.2 Å². The summed E-state index contributed by atoms with van der Waals surface area (Å²) in [6.45, 7) is 6.01. The molecule has 16 heavy (non-hydrogen) atoms. The summed E-state index contributed by atoms with van der Waals surface area (Å²) in [6, 6.07) is 8.96. The molecule has 0 N–H and O–H groups in total. The van der Waals surface area contributed by atoms with Crippen LogP contribution in [0.5, 0.6) is 0 Å². The molecule has 0 radical (unpaired) electrons. The van der Waals surface area contributed by atoms with Gasteiger partial charge in [0.1, 0.15) is 0 Å². The number of nitrogens with zero attached hydrogens (tertiary/aromatic N) is 1. The van der Waals surface area contributed by atoms with E-state index in [0.29, 0.717) is 0 Å². The second-order valence-electron chi connectivity index (χ2n) is 4.37. The average molecular weight is 219 g/mol. The van der Waals surface area contributed by atoms with Crippen LogP contribution in [0.4, 0.5) is 5.69 Å². The van der Waals surface area contributed by atoms with Crippen LogP contribution in [0.3, 0.4) is 0 Å². The van der Waals surface area contributed by atoms with Gasteiger partial charge in [-0.05, 0) is 30.5 Å². The first-order chi connectivity index (χ1) is 7.90. The smallest absolute Gasteiger partial charge is 0.0642 e. The van der Waals surface area contributed by atoms with Gasteiger partial charge in [0.15, 0.2) is 0 Å². The van der Waals surface area contributed by atoms with E-state index in [-0.39, 0.29) is 0 Å². The van der Waals surface area contributed by atoms with Gasteiger partial charge in [-0.15, -0.1) is 0 Å². The Bertz CT molecular complexity index is 318. The summed E-state index contributed by atoms with van der Waals surface area (Å²) >= 11 is 0. The molecule has 2 heteroatoms. The summed E-state index contributed by atoms with van der Waals surface area (Å²) in [5.41, 5.74) is 2.82. The second-order valence-corrected chi connectivity index (χ2v) is 4.37. The van der Waals surface area contributed by atoms with Crippen LogP contribution in [-0.2, 0) is 11.2 Å².